The van der Waals surface area contributed by atoms with Gasteiger partial charge in [0.15, 0.2) is 0 Å². The molecule has 0 aliphatic carbocycles. The number of rotatable bonds is 3. The van der Waals surface area contributed by atoms with Crippen molar-refractivity contribution in [3.8, 4) is 11.3 Å². The summed E-state index contributed by atoms with van der Waals surface area (Å²) in [7, 11) is 8.17. The van der Waals surface area contributed by atoms with Gasteiger partial charge in [0.2, 0.25) is 0 Å². The minimum Gasteiger partial charge on any atom is -0.456 e. The lowest BCUT2D eigenvalue weighted by Crippen LogP contribution is -2.07. The molecule has 25 heavy (non-hydrogen) atoms. The minimum atomic E-state index is 0.909. The van der Waals surface area contributed by atoms with Crippen LogP contribution in [0.3, 0.4) is 0 Å². The molecule has 0 radical (unpaired) electrons. The van der Waals surface area contributed by atoms with Gasteiger partial charge in [0, 0.05) is 50.5 Å². The van der Waals surface area contributed by atoms with Crippen LogP contribution in [0.1, 0.15) is 27.7 Å². The molecular formula is C22H32N2O. The number of fused-ring (bicyclic) bond motifs is 1. The van der Waals surface area contributed by atoms with E-state index >= 15 is 0 Å². The second kappa shape index (κ2) is 9.77. The molecule has 0 N–H and O–H groups in total. The standard InChI is InChI=1S/C18H20N2O.2C2H6/c1-19(2)15-7-5-13(6-8-15)18-12-14-11-16(20(3)4)9-10-17(14)21-18;2*1-2/h5-12H,1-4H3;2*1-2H3. The molecule has 2 aromatic carbocycles. The number of benzene rings is 2. The van der Waals surface area contributed by atoms with Gasteiger partial charge in [0.05, 0.1) is 0 Å². The molecule has 3 nitrogen and oxygen atoms in total. The monoisotopic (exact) mass is 340 g/mol. The molecule has 0 atom stereocenters. The number of hydrogen-bond acceptors (Lipinski definition) is 3. The van der Waals surface area contributed by atoms with E-state index in [2.05, 4.69) is 52.3 Å². The molecule has 0 saturated heterocycles. The van der Waals surface area contributed by atoms with Gasteiger partial charge in [-0.05, 0) is 48.5 Å². The molecule has 3 rings (SSSR count). The molecule has 0 aliphatic heterocycles. The van der Waals surface area contributed by atoms with Crippen molar-refractivity contribution in [3.63, 3.8) is 0 Å². The average molecular weight is 341 g/mol. The van der Waals surface area contributed by atoms with Gasteiger partial charge in [0.25, 0.3) is 0 Å². The van der Waals surface area contributed by atoms with Crippen molar-refractivity contribution in [1.82, 2.24) is 0 Å². The topological polar surface area (TPSA) is 19.6 Å². The van der Waals surface area contributed by atoms with E-state index in [-0.39, 0.29) is 0 Å². The Balaban J connectivity index is 0.000000730. The Morgan fingerprint density at radius 3 is 1.68 bits per heavy atom. The third-order valence-corrected chi connectivity index (χ3v) is 3.68. The van der Waals surface area contributed by atoms with Crippen molar-refractivity contribution >= 4 is 22.3 Å². The Labute approximate surface area is 152 Å². The molecule has 0 fully saturated rings. The molecule has 0 amide bonds. The Kier molecular flexibility index (Phi) is 8.06. The molecule has 0 saturated carbocycles. The predicted octanol–water partition coefficient (Wildman–Crippen LogP) is 6.28. The summed E-state index contributed by atoms with van der Waals surface area (Å²) in [5, 5.41) is 1.13. The third kappa shape index (κ3) is 5.02. The summed E-state index contributed by atoms with van der Waals surface area (Å²) in [6, 6.07) is 16.8. The quantitative estimate of drug-likeness (QED) is 0.559. The highest BCUT2D eigenvalue weighted by molar-refractivity contribution is 5.86. The normalized spacial score (nSPS) is 9.60. The van der Waals surface area contributed by atoms with Crippen LogP contribution in [0.15, 0.2) is 52.9 Å². The van der Waals surface area contributed by atoms with E-state index in [0.717, 1.165) is 22.3 Å². The summed E-state index contributed by atoms with van der Waals surface area (Å²) in [6.07, 6.45) is 0. The number of anilines is 2. The van der Waals surface area contributed by atoms with Crippen LogP contribution in [-0.2, 0) is 0 Å². The van der Waals surface area contributed by atoms with E-state index in [1.807, 2.05) is 62.0 Å². The molecule has 0 unspecified atom stereocenters. The molecule has 0 bridgehead atoms. The number of hydrogen-bond donors (Lipinski definition) is 0. The van der Waals surface area contributed by atoms with E-state index in [0.29, 0.717) is 0 Å². The first-order chi connectivity index (χ1) is 12.0. The fourth-order valence-corrected chi connectivity index (χ4v) is 2.38. The average Bonchev–Trinajstić information content (AvgIpc) is 3.08. The molecule has 0 aliphatic rings. The summed E-state index contributed by atoms with van der Waals surface area (Å²) < 4.78 is 5.96. The van der Waals surface area contributed by atoms with Crippen molar-refractivity contribution in [1.29, 1.82) is 0 Å². The molecule has 0 spiro atoms. The van der Waals surface area contributed by atoms with Gasteiger partial charge in [0.1, 0.15) is 11.3 Å². The molecule has 136 valence electrons. The van der Waals surface area contributed by atoms with Crippen LogP contribution in [0.25, 0.3) is 22.3 Å². The van der Waals surface area contributed by atoms with Gasteiger partial charge < -0.3 is 14.2 Å². The zero-order valence-electron chi connectivity index (χ0n) is 16.9. The lowest BCUT2D eigenvalue weighted by atomic mass is 10.1. The largest absolute Gasteiger partial charge is 0.456 e. The molecule has 3 aromatic rings. The van der Waals surface area contributed by atoms with Crippen LogP contribution in [0.4, 0.5) is 11.4 Å². The summed E-state index contributed by atoms with van der Waals surface area (Å²) in [4.78, 5) is 4.18. The Morgan fingerprint density at radius 1 is 0.640 bits per heavy atom. The Bertz CT molecular complexity index is 755. The van der Waals surface area contributed by atoms with Gasteiger partial charge in [-0.2, -0.15) is 0 Å². The summed E-state index contributed by atoms with van der Waals surface area (Å²) >= 11 is 0. The first kappa shape index (κ1) is 20.6. The molecule has 1 heterocycles. The van der Waals surface area contributed by atoms with E-state index in [1.54, 1.807) is 0 Å². The van der Waals surface area contributed by atoms with Crippen LogP contribution >= 0.6 is 0 Å². The first-order valence-electron chi connectivity index (χ1n) is 9.03. The predicted molar refractivity (Wildman–Crippen MR) is 113 cm³/mol. The van der Waals surface area contributed by atoms with Crippen LogP contribution in [0.2, 0.25) is 0 Å². The highest BCUT2D eigenvalue weighted by Gasteiger charge is 2.08. The molecule has 3 heteroatoms. The van der Waals surface area contributed by atoms with E-state index in [9.17, 15) is 0 Å². The summed E-state index contributed by atoms with van der Waals surface area (Å²) in [5.41, 5.74) is 4.39. The van der Waals surface area contributed by atoms with Gasteiger partial charge in [-0.3, -0.25) is 0 Å². The summed E-state index contributed by atoms with van der Waals surface area (Å²) in [5.74, 6) is 0.909. The zero-order valence-corrected chi connectivity index (χ0v) is 16.9. The molecule has 1 aromatic heterocycles. The Hall–Kier alpha value is -2.42. The zero-order chi connectivity index (χ0) is 19.0. The highest BCUT2D eigenvalue weighted by Crippen LogP contribution is 2.30. The van der Waals surface area contributed by atoms with Crippen LogP contribution < -0.4 is 9.80 Å². The number of nitrogens with zero attached hydrogens (tertiary/aromatic N) is 2. The van der Waals surface area contributed by atoms with Crippen molar-refractivity contribution in [3.05, 3.63) is 48.5 Å². The summed E-state index contributed by atoms with van der Waals surface area (Å²) in [6.45, 7) is 8.00. The van der Waals surface area contributed by atoms with Crippen LogP contribution in [-0.4, -0.2) is 28.2 Å². The van der Waals surface area contributed by atoms with Crippen LogP contribution in [0.5, 0.6) is 0 Å². The fraction of sp³-hybridized carbons (Fsp3) is 0.364. The number of furan rings is 1. The van der Waals surface area contributed by atoms with E-state index in [4.69, 9.17) is 4.42 Å². The van der Waals surface area contributed by atoms with Gasteiger partial charge in [-0.25, -0.2) is 0 Å². The lowest BCUT2D eigenvalue weighted by Gasteiger charge is -2.11. The van der Waals surface area contributed by atoms with Gasteiger partial charge in [-0.15, -0.1) is 0 Å². The second-order valence-electron chi connectivity index (χ2n) is 5.67. The van der Waals surface area contributed by atoms with Crippen molar-refractivity contribution < 1.29 is 4.42 Å². The fourth-order valence-electron chi connectivity index (χ4n) is 2.38. The minimum absolute atomic E-state index is 0.909. The smallest absolute Gasteiger partial charge is 0.135 e. The maximum Gasteiger partial charge on any atom is 0.135 e. The van der Waals surface area contributed by atoms with Crippen molar-refractivity contribution in [2.45, 2.75) is 27.7 Å². The SMILES string of the molecule is CC.CC.CN(C)c1ccc(-c2cc3cc(N(C)C)ccc3o2)cc1. The highest BCUT2D eigenvalue weighted by atomic mass is 16.3. The maximum atomic E-state index is 5.96. The lowest BCUT2D eigenvalue weighted by molar-refractivity contribution is 0.631. The van der Waals surface area contributed by atoms with E-state index < -0.39 is 0 Å². The van der Waals surface area contributed by atoms with Crippen molar-refractivity contribution in [2.75, 3.05) is 38.0 Å². The van der Waals surface area contributed by atoms with Gasteiger partial charge >= 0.3 is 0 Å². The second-order valence-corrected chi connectivity index (χ2v) is 5.67. The Morgan fingerprint density at radius 2 is 1.16 bits per heavy atom. The first-order valence-corrected chi connectivity index (χ1v) is 9.03. The maximum absolute atomic E-state index is 5.96. The third-order valence-electron chi connectivity index (χ3n) is 3.68. The van der Waals surface area contributed by atoms with Gasteiger partial charge in [-0.1, -0.05) is 27.7 Å². The van der Waals surface area contributed by atoms with Crippen molar-refractivity contribution in [2.24, 2.45) is 0 Å². The van der Waals surface area contributed by atoms with Crippen LogP contribution in [0, 0.1) is 0 Å². The van der Waals surface area contributed by atoms with E-state index in [1.165, 1.54) is 11.4 Å². The molecular weight excluding hydrogens is 308 g/mol.